The number of thioether (sulfide) groups is 2. The van der Waals surface area contributed by atoms with Gasteiger partial charge in [0.2, 0.25) is 5.16 Å². The summed E-state index contributed by atoms with van der Waals surface area (Å²) in [5.41, 5.74) is 0.847. The van der Waals surface area contributed by atoms with Crippen molar-refractivity contribution in [2.75, 3.05) is 30.2 Å². The van der Waals surface area contributed by atoms with Crippen molar-refractivity contribution in [3.63, 3.8) is 0 Å². The number of hydrogen-bond donors (Lipinski definition) is 1. The Bertz CT molecular complexity index is 559. The third-order valence-electron chi connectivity index (χ3n) is 2.68. The molecule has 0 unspecified atom stereocenters. The minimum Gasteiger partial charge on any atom is -0.496 e. The van der Waals surface area contributed by atoms with E-state index < -0.39 is 0 Å². The van der Waals surface area contributed by atoms with Crippen molar-refractivity contribution in [3.05, 3.63) is 24.3 Å². The predicted octanol–water partition coefficient (Wildman–Crippen LogP) is 2.51. The second kappa shape index (κ2) is 7.44. The van der Waals surface area contributed by atoms with Crippen LogP contribution in [0.25, 0.3) is 11.4 Å². The van der Waals surface area contributed by atoms with Crippen molar-refractivity contribution in [3.8, 4) is 17.1 Å². The summed E-state index contributed by atoms with van der Waals surface area (Å²) in [5, 5.41) is 9.05. The quantitative estimate of drug-likeness (QED) is 0.481. The average molecular weight is 310 g/mol. The summed E-state index contributed by atoms with van der Waals surface area (Å²) >= 11 is 3.52. The Morgan fingerprint density at radius 3 is 2.80 bits per heavy atom. The summed E-state index contributed by atoms with van der Waals surface area (Å²) in [6.07, 6.45) is 0. The fourth-order valence-electron chi connectivity index (χ4n) is 1.72. The number of methoxy groups -OCH3 is 1. The highest BCUT2D eigenvalue weighted by atomic mass is 32.2. The zero-order valence-corrected chi connectivity index (χ0v) is 13.2. The van der Waals surface area contributed by atoms with Gasteiger partial charge in [-0.05, 0) is 17.9 Å². The molecule has 1 aromatic carbocycles. The van der Waals surface area contributed by atoms with Crippen LogP contribution in [0.4, 0.5) is 0 Å². The summed E-state index contributed by atoms with van der Waals surface area (Å²) in [4.78, 5) is 0. The number of aromatic nitrogens is 3. The van der Waals surface area contributed by atoms with Gasteiger partial charge >= 0.3 is 0 Å². The maximum atomic E-state index is 6.08. The summed E-state index contributed by atoms with van der Waals surface area (Å²) in [7, 11) is 1.63. The van der Waals surface area contributed by atoms with Crippen LogP contribution >= 0.6 is 23.5 Å². The molecular weight excluding hydrogens is 292 g/mol. The molecule has 0 amide bonds. The molecule has 0 radical (unpaired) electrons. The Balaban J connectivity index is 2.16. The zero-order chi connectivity index (χ0) is 14.4. The number of hydrogen-bond acceptors (Lipinski definition) is 6. The van der Waals surface area contributed by atoms with Crippen LogP contribution in [0, 0.1) is 0 Å². The van der Waals surface area contributed by atoms with Crippen molar-refractivity contribution < 1.29 is 4.74 Å². The first-order chi connectivity index (χ1) is 9.77. The summed E-state index contributed by atoms with van der Waals surface area (Å²) in [5.74, 6) is 10.6. The van der Waals surface area contributed by atoms with Gasteiger partial charge < -0.3 is 10.6 Å². The van der Waals surface area contributed by atoms with E-state index in [0.717, 1.165) is 33.7 Å². The first-order valence-corrected chi connectivity index (χ1v) is 8.46. The Kier molecular flexibility index (Phi) is 5.60. The van der Waals surface area contributed by atoms with Crippen molar-refractivity contribution in [2.45, 2.75) is 12.1 Å². The number of nitrogen functional groups attached to an aromatic ring is 1. The van der Waals surface area contributed by atoms with Gasteiger partial charge in [-0.2, -0.15) is 11.8 Å². The Hall–Kier alpha value is -1.34. The maximum absolute atomic E-state index is 6.08. The SMILES string of the molecule is CCSCCSc1nnc(-c2ccccc2OC)n1N. The molecule has 0 aliphatic rings. The van der Waals surface area contributed by atoms with Gasteiger partial charge in [0, 0.05) is 11.5 Å². The Morgan fingerprint density at radius 1 is 1.25 bits per heavy atom. The number of benzene rings is 1. The van der Waals surface area contributed by atoms with Crippen LogP contribution in [0.2, 0.25) is 0 Å². The molecule has 2 rings (SSSR count). The fourth-order valence-corrected chi connectivity index (χ4v) is 3.32. The predicted molar refractivity (Wildman–Crippen MR) is 85.9 cm³/mol. The third kappa shape index (κ3) is 3.40. The third-order valence-corrected chi connectivity index (χ3v) is 4.78. The van der Waals surface area contributed by atoms with Crippen LogP contribution in [0.1, 0.15) is 6.92 Å². The second-order valence-electron chi connectivity index (χ2n) is 3.92. The molecule has 5 nitrogen and oxygen atoms in total. The maximum Gasteiger partial charge on any atom is 0.210 e. The van der Waals surface area contributed by atoms with Crippen molar-refractivity contribution >= 4 is 23.5 Å². The van der Waals surface area contributed by atoms with Gasteiger partial charge in [-0.25, -0.2) is 4.68 Å². The summed E-state index contributed by atoms with van der Waals surface area (Å²) < 4.78 is 6.86. The molecule has 108 valence electrons. The lowest BCUT2D eigenvalue weighted by atomic mass is 10.2. The van der Waals surface area contributed by atoms with Crippen molar-refractivity contribution in [1.29, 1.82) is 0 Å². The van der Waals surface area contributed by atoms with Crippen LogP contribution in [0.3, 0.4) is 0 Å². The van der Waals surface area contributed by atoms with E-state index in [-0.39, 0.29) is 0 Å². The first-order valence-electron chi connectivity index (χ1n) is 6.32. The number of ether oxygens (including phenoxy) is 1. The highest BCUT2D eigenvalue weighted by Gasteiger charge is 2.15. The van der Waals surface area contributed by atoms with E-state index in [1.54, 1.807) is 18.9 Å². The lowest BCUT2D eigenvalue weighted by Gasteiger charge is -2.07. The van der Waals surface area contributed by atoms with Gasteiger partial charge in [0.1, 0.15) is 5.75 Å². The topological polar surface area (TPSA) is 66.0 Å². The minimum absolute atomic E-state index is 0.619. The Labute approximate surface area is 127 Å². The molecule has 0 fully saturated rings. The van der Waals surface area contributed by atoms with E-state index in [9.17, 15) is 0 Å². The second-order valence-corrected chi connectivity index (χ2v) is 6.38. The molecule has 0 aliphatic carbocycles. The number of nitrogens with zero attached hydrogens (tertiary/aromatic N) is 3. The van der Waals surface area contributed by atoms with Crippen LogP contribution in [-0.2, 0) is 0 Å². The summed E-state index contributed by atoms with van der Waals surface area (Å²) in [6, 6.07) is 7.65. The molecule has 1 heterocycles. The number of nitrogens with two attached hydrogens (primary N) is 1. The molecule has 0 atom stereocenters. The molecule has 0 bridgehead atoms. The van der Waals surface area contributed by atoms with Crippen LogP contribution in [-0.4, -0.2) is 39.2 Å². The van der Waals surface area contributed by atoms with Crippen LogP contribution in [0.5, 0.6) is 5.75 Å². The van der Waals surface area contributed by atoms with E-state index in [4.69, 9.17) is 10.6 Å². The van der Waals surface area contributed by atoms with Gasteiger partial charge in [0.25, 0.3) is 0 Å². The van der Waals surface area contributed by atoms with Gasteiger partial charge in [0.05, 0.1) is 12.7 Å². The molecule has 2 N–H and O–H groups in total. The zero-order valence-electron chi connectivity index (χ0n) is 11.6. The standard InChI is InChI=1S/C13H18N4OS2/c1-3-19-8-9-20-13-16-15-12(17(13)14)10-6-4-5-7-11(10)18-2/h4-7H,3,8-9,14H2,1-2H3. The van der Waals surface area contributed by atoms with E-state index in [0.29, 0.717) is 5.82 Å². The van der Waals surface area contributed by atoms with Gasteiger partial charge in [0.15, 0.2) is 5.82 Å². The fraction of sp³-hybridized carbons (Fsp3) is 0.385. The smallest absolute Gasteiger partial charge is 0.210 e. The monoisotopic (exact) mass is 310 g/mol. The van der Waals surface area contributed by atoms with E-state index >= 15 is 0 Å². The molecule has 1 aromatic heterocycles. The van der Waals surface area contributed by atoms with Crippen molar-refractivity contribution in [2.24, 2.45) is 0 Å². The molecular formula is C13H18N4OS2. The lowest BCUT2D eigenvalue weighted by Crippen LogP contribution is -2.12. The number of rotatable bonds is 7. The average Bonchev–Trinajstić information content (AvgIpc) is 2.85. The highest BCUT2D eigenvalue weighted by Crippen LogP contribution is 2.29. The minimum atomic E-state index is 0.619. The van der Waals surface area contributed by atoms with E-state index in [2.05, 4.69) is 17.1 Å². The van der Waals surface area contributed by atoms with Gasteiger partial charge in [-0.3, -0.25) is 0 Å². The first kappa shape index (κ1) is 15.1. The number of para-hydroxylation sites is 1. The highest BCUT2D eigenvalue weighted by molar-refractivity contribution is 8.02. The Morgan fingerprint density at radius 2 is 2.05 bits per heavy atom. The molecule has 20 heavy (non-hydrogen) atoms. The molecule has 0 saturated carbocycles. The molecule has 0 aliphatic heterocycles. The normalized spacial score (nSPS) is 10.7. The van der Waals surface area contributed by atoms with E-state index in [1.807, 2.05) is 36.0 Å². The van der Waals surface area contributed by atoms with Crippen molar-refractivity contribution in [1.82, 2.24) is 14.9 Å². The van der Waals surface area contributed by atoms with Crippen LogP contribution < -0.4 is 10.6 Å². The molecule has 0 saturated heterocycles. The van der Waals surface area contributed by atoms with Crippen LogP contribution in [0.15, 0.2) is 29.4 Å². The largest absolute Gasteiger partial charge is 0.496 e. The summed E-state index contributed by atoms with van der Waals surface area (Å²) in [6.45, 7) is 2.15. The van der Waals surface area contributed by atoms with Gasteiger partial charge in [-0.15, -0.1) is 10.2 Å². The molecule has 0 spiro atoms. The van der Waals surface area contributed by atoms with Gasteiger partial charge in [-0.1, -0.05) is 30.8 Å². The molecule has 2 aromatic rings. The lowest BCUT2D eigenvalue weighted by molar-refractivity contribution is 0.416. The van der Waals surface area contributed by atoms with E-state index in [1.165, 1.54) is 4.68 Å². The molecule has 7 heteroatoms.